The number of ether oxygens (including phenoxy) is 17. The van der Waals surface area contributed by atoms with Gasteiger partial charge in [0.1, 0.15) is 220 Å². The van der Waals surface area contributed by atoms with E-state index in [0.29, 0.717) is 0 Å². The first-order chi connectivity index (χ1) is 50.2. The molecule has 9 aliphatic rings. The summed E-state index contributed by atoms with van der Waals surface area (Å²) in [7, 11) is 0. The molecule has 9 saturated heterocycles. The van der Waals surface area contributed by atoms with Crippen LogP contribution in [0.25, 0.3) is 0 Å². The number of amides is 2. The Morgan fingerprint density at radius 2 is 0.519 bits per heavy atom. The van der Waals surface area contributed by atoms with Gasteiger partial charge in [0.15, 0.2) is 56.6 Å². The van der Waals surface area contributed by atoms with Crippen LogP contribution in [-0.4, -0.2) is 485 Å². The smallest absolute Gasteiger partial charge is 0.217 e. The third kappa shape index (κ3) is 18.7. The number of aliphatic hydroxyl groups is 27. The van der Waals surface area contributed by atoms with E-state index in [2.05, 4.69) is 10.6 Å². The van der Waals surface area contributed by atoms with Crippen molar-refractivity contribution in [3.63, 3.8) is 0 Å². The fraction of sp³-hybridized carbons (Fsp3) is 0.966. The molecule has 0 aromatic heterocycles. The Morgan fingerprint density at radius 1 is 0.245 bits per heavy atom. The highest BCUT2D eigenvalue weighted by Gasteiger charge is 2.60. The molecule has 106 heavy (non-hydrogen) atoms. The second kappa shape index (κ2) is 37.9. The van der Waals surface area contributed by atoms with E-state index in [4.69, 9.17) is 80.5 Å². The molecule has 616 valence electrons. The molecule has 48 heteroatoms. The van der Waals surface area contributed by atoms with Gasteiger partial charge in [-0.05, 0) is 0 Å². The van der Waals surface area contributed by atoms with Gasteiger partial charge in [0, 0.05) is 13.8 Å². The number of carbonyl (C=O) groups is 2. The Labute approximate surface area is 598 Å². The van der Waals surface area contributed by atoms with E-state index in [1.54, 1.807) is 0 Å². The monoisotopic (exact) mass is 1560 g/mol. The summed E-state index contributed by atoms with van der Waals surface area (Å²) in [5.41, 5.74) is 0. The predicted octanol–water partition coefficient (Wildman–Crippen LogP) is -20.3. The van der Waals surface area contributed by atoms with Crippen molar-refractivity contribution in [3.05, 3.63) is 0 Å². The van der Waals surface area contributed by atoms with Crippen LogP contribution in [0.15, 0.2) is 0 Å². The van der Waals surface area contributed by atoms with Crippen molar-refractivity contribution in [1.29, 1.82) is 0 Å². The Morgan fingerprint density at radius 3 is 0.953 bits per heavy atom. The molecule has 9 rings (SSSR count). The van der Waals surface area contributed by atoms with Gasteiger partial charge in [-0.15, -0.1) is 0 Å². The van der Waals surface area contributed by atoms with E-state index in [-0.39, 0.29) is 0 Å². The second-order valence-electron chi connectivity index (χ2n) is 26.7. The molecule has 0 saturated carbocycles. The largest absolute Gasteiger partial charge is 0.394 e. The summed E-state index contributed by atoms with van der Waals surface area (Å²) in [5.74, 6) is -1.58. The van der Waals surface area contributed by atoms with Crippen LogP contribution < -0.4 is 10.6 Å². The molecule has 48 nitrogen and oxygen atoms in total. The maximum absolute atomic E-state index is 12.6. The predicted molar refractivity (Wildman–Crippen MR) is 320 cm³/mol. The lowest BCUT2D eigenvalue weighted by atomic mass is 9.94. The molecule has 0 unspecified atom stereocenters. The molecule has 2 amide bonds. The average Bonchev–Trinajstić information content (AvgIpc) is 0.786. The van der Waals surface area contributed by atoms with Gasteiger partial charge in [-0.2, -0.15) is 0 Å². The summed E-state index contributed by atoms with van der Waals surface area (Å²) in [4.78, 5) is 24.5. The van der Waals surface area contributed by atoms with Gasteiger partial charge >= 0.3 is 0 Å². The van der Waals surface area contributed by atoms with Gasteiger partial charge < -0.3 is 229 Å². The van der Waals surface area contributed by atoms with Gasteiger partial charge in [-0.25, -0.2) is 0 Å². The number of carbonyl (C=O) groups excluding carboxylic acids is 2. The average molecular weight is 1560 g/mol. The van der Waals surface area contributed by atoms with Crippen molar-refractivity contribution in [2.45, 2.75) is 290 Å². The normalized spacial score (nSPS) is 51.2. The highest BCUT2D eigenvalue weighted by molar-refractivity contribution is 5.73. The third-order valence-electron chi connectivity index (χ3n) is 19.5. The molecule has 9 heterocycles. The molecule has 0 bridgehead atoms. The van der Waals surface area contributed by atoms with Crippen LogP contribution in [0.5, 0.6) is 0 Å². The number of hydrogen-bond acceptors (Lipinski definition) is 46. The minimum Gasteiger partial charge on any atom is -0.394 e. The van der Waals surface area contributed by atoms with Crippen LogP contribution >= 0.6 is 0 Å². The van der Waals surface area contributed by atoms with Gasteiger partial charge in [0.05, 0.1) is 59.5 Å². The van der Waals surface area contributed by atoms with Crippen LogP contribution in [0.3, 0.4) is 0 Å². The first-order valence-corrected chi connectivity index (χ1v) is 33.7. The van der Waals surface area contributed by atoms with E-state index in [9.17, 15) is 147 Å². The van der Waals surface area contributed by atoms with E-state index < -0.39 is 348 Å². The number of hydrogen-bond donors (Lipinski definition) is 29. The van der Waals surface area contributed by atoms with Crippen LogP contribution in [0.2, 0.25) is 0 Å². The van der Waals surface area contributed by atoms with Crippen molar-refractivity contribution >= 4 is 11.8 Å². The Balaban J connectivity index is 0.855. The van der Waals surface area contributed by atoms with Crippen LogP contribution in [0.4, 0.5) is 0 Å². The topological polar surface area (TPSA) is 761 Å². The zero-order valence-corrected chi connectivity index (χ0v) is 56.2. The fourth-order valence-electron chi connectivity index (χ4n) is 13.5. The summed E-state index contributed by atoms with van der Waals surface area (Å²) in [6.07, 6.45) is -87.1. The lowest BCUT2D eigenvalue weighted by Crippen LogP contribution is -2.70. The number of rotatable bonds is 27. The lowest BCUT2D eigenvalue weighted by Gasteiger charge is -2.50. The SMILES string of the molecule is CC(=O)N[C@@H]1[C@@H](O)[C@H](O[C@@H]2O[C@H](CO)[C@@H](O[C@@H]3O[C@H](CO)[C@@H](O)[C@H](O[C@H]4O[C@H](CO[C@H]5O[C@H](CO)[C@@H](O)[C@H](O[C@H]6O[C@H](CO[C@H]7O[C@H](CO)[C@@H](O)[C@H](O)[C@@H]7O[C@H]7O[C@H](CO)[C@@H](O)[C@H](O)[C@@H]7O[C@H]7O[C@H](CO)[C@@H](O)[C@H](O)[C@@H]7O)[C@@H](O)[C@H](O)[C@@H]6O)[C@@H]5O)[C@@H](O)[C@H](O)[C@@H]4O)[C@@H]3O)[C@H](O)[C@H]2NC(C)=O)[C@@H](CO)O[C@H]1O. The van der Waals surface area contributed by atoms with Gasteiger partial charge in [0.25, 0.3) is 0 Å². The standard InChI is InChI=1S/C58H98N2O46/c1-12(68)59-23-32(77)44(19(8-66)92-50(23)89)101-51-24(60-13(2)69)33(78)45(20(9-67)98-51)102-56-43(88)47(31(76)18(7-65)95-56)104-55-41(86)35(80)28(73)21(99-55)10-90-52-42(87)46(30(75)17(6-64)93-52)103-54-40(85)36(81)29(74)22(100-54)11-91-57-48(37(82)26(71)15(4-62)96-57)106-58-49(38(83)27(72)16(5-63)97-58)105-53-39(84)34(79)25(70)14(3-61)94-53/h14-58,61-67,70-89H,3-11H2,1-2H3,(H,59,68)(H,60,69)/t14-,15-,16-,17-,18-,19-,20-,21-,22-,23-,24-,25-,26-,27-,28-,29-,30-,31-,32-,33-,34+,35+,36+,37+,38+,39+,40+,41+,42+,43+,44-,45-,46+,47+,48+,49+,50-,51+,52+,53-,54-,55-,56+,57+,58-/m1/s1. The van der Waals surface area contributed by atoms with Crippen molar-refractivity contribution in [1.82, 2.24) is 10.6 Å². The Kier molecular flexibility index (Phi) is 31.1. The van der Waals surface area contributed by atoms with Gasteiger partial charge in [-0.1, -0.05) is 0 Å². The van der Waals surface area contributed by atoms with E-state index in [1.807, 2.05) is 0 Å². The molecule has 0 spiro atoms. The highest BCUT2D eigenvalue weighted by atomic mass is 16.8. The minimum atomic E-state index is -2.30. The van der Waals surface area contributed by atoms with Crippen LogP contribution in [0.1, 0.15) is 13.8 Å². The van der Waals surface area contributed by atoms with Crippen LogP contribution in [-0.2, 0) is 90.1 Å². The summed E-state index contributed by atoms with van der Waals surface area (Å²) >= 11 is 0. The number of nitrogens with one attached hydrogen (secondary N) is 2. The second-order valence-corrected chi connectivity index (χ2v) is 26.7. The zero-order chi connectivity index (χ0) is 77.9. The molecule has 0 aromatic carbocycles. The van der Waals surface area contributed by atoms with Crippen molar-refractivity contribution in [2.24, 2.45) is 0 Å². The quantitative estimate of drug-likeness (QED) is 0.0363. The molecule has 0 aromatic rings. The van der Waals surface area contributed by atoms with E-state index in [0.717, 1.165) is 13.8 Å². The molecule has 0 aliphatic carbocycles. The van der Waals surface area contributed by atoms with Crippen molar-refractivity contribution < 1.29 is 228 Å². The molecular weight excluding hydrogens is 1460 g/mol. The van der Waals surface area contributed by atoms with E-state index in [1.165, 1.54) is 0 Å². The Hall–Kier alpha value is -2.82. The summed E-state index contributed by atoms with van der Waals surface area (Å²) in [6, 6.07) is -3.31. The molecule has 29 N–H and O–H groups in total. The summed E-state index contributed by atoms with van der Waals surface area (Å²) < 4.78 is 97.2. The maximum atomic E-state index is 12.6. The molecule has 9 aliphatic heterocycles. The molecule has 9 fully saturated rings. The van der Waals surface area contributed by atoms with Crippen LogP contribution in [0, 0.1) is 0 Å². The fourth-order valence-corrected chi connectivity index (χ4v) is 13.5. The first-order valence-electron chi connectivity index (χ1n) is 33.7. The minimum absolute atomic E-state index is 0.734. The zero-order valence-electron chi connectivity index (χ0n) is 56.2. The van der Waals surface area contributed by atoms with Crippen molar-refractivity contribution in [3.8, 4) is 0 Å². The third-order valence-corrected chi connectivity index (χ3v) is 19.5. The van der Waals surface area contributed by atoms with E-state index >= 15 is 0 Å². The van der Waals surface area contributed by atoms with Crippen molar-refractivity contribution in [2.75, 3.05) is 59.5 Å². The molecular formula is C58H98N2O46. The Bertz CT molecular complexity index is 2720. The maximum Gasteiger partial charge on any atom is 0.217 e. The molecule has 45 atom stereocenters. The molecule has 0 radical (unpaired) electrons. The lowest BCUT2D eigenvalue weighted by molar-refractivity contribution is -0.397. The number of aliphatic hydroxyl groups excluding tert-OH is 27. The highest BCUT2D eigenvalue weighted by Crippen LogP contribution is 2.39. The van der Waals surface area contributed by atoms with Gasteiger partial charge in [-0.3, -0.25) is 9.59 Å². The first kappa shape index (κ1) is 87.2. The summed E-state index contributed by atoms with van der Waals surface area (Å²) in [5, 5.41) is 299. The summed E-state index contributed by atoms with van der Waals surface area (Å²) in [6.45, 7) is -7.16. The van der Waals surface area contributed by atoms with Gasteiger partial charge in [0.2, 0.25) is 11.8 Å².